The van der Waals surface area contributed by atoms with E-state index in [0.717, 1.165) is 16.5 Å². The Labute approximate surface area is 115 Å². The van der Waals surface area contributed by atoms with Gasteiger partial charge >= 0.3 is 12.0 Å². The molecular formula is C12H14ClN3O3. The molecule has 7 heteroatoms. The van der Waals surface area contributed by atoms with Crippen LogP contribution in [0.5, 0.6) is 0 Å². The monoisotopic (exact) mass is 283 g/mol. The molecule has 1 aromatic carbocycles. The number of halogens is 1. The van der Waals surface area contributed by atoms with Crippen molar-refractivity contribution >= 4 is 35.3 Å². The second kappa shape index (κ2) is 6.10. The maximum absolute atomic E-state index is 11.0. The number of fused-ring (bicyclic) bond motifs is 1. The minimum atomic E-state index is -1.11. The number of H-pyrrole nitrogens is 1. The van der Waals surface area contributed by atoms with Crippen molar-refractivity contribution < 1.29 is 14.7 Å². The van der Waals surface area contributed by atoms with Crippen molar-refractivity contribution in [3.63, 3.8) is 0 Å². The summed E-state index contributed by atoms with van der Waals surface area (Å²) in [5, 5.41) is 12.2. The number of rotatable bonds is 4. The maximum atomic E-state index is 11.0. The fraction of sp³-hybridized carbons (Fsp3) is 0.167. The first-order valence-electron chi connectivity index (χ1n) is 5.41. The zero-order chi connectivity index (χ0) is 13.1. The number of carboxylic acids is 1. The number of carbonyl (C=O) groups excluding carboxylic acids is 1. The first-order chi connectivity index (χ1) is 8.58. The zero-order valence-corrected chi connectivity index (χ0v) is 10.7. The number of hydrogen-bond acceptors (Lipinski definition) is 2. The number of aromatic amines is 1. The number of benzene rings is 1. The lowest BCUT2D eigenvalue weighted by Crippen LogP contribution is -2.44. The number of aromatic nitrogens is 1. The summed E-state index contributed by atoms with van der Waals surface area (Å²) in [6.45, 7) is 0. The minimum Gasteiger partial charge on any atom is -0.480 e. The van der Waals surface area contributed by atoms with E-state index in [1.54, 1.807) is 6.20 Å². The maximum Gasteiger partial charge on any atom is 0.326 e. The van der Waals surface area contributed by atoms with Gasteiger partial charge in [-0.3, -0.25) is 0 Å². The number of nitrogens with two attached hydrogens (primary N) is 1. The molecule has 1 aromatic heterocycles. The molecule has 19 heavy (non-hydrogen) atoms. The van der Waals surface area contributed by atoms with Gasteiger partial charge in [-0.2, -0.15) is 0 Å². The van der Waals surface area contributed by atoms with E-state index in [-0.39, 0.29) is 18.8 Å². The molecule has 1 atom stereocenters. The molecule has 0 saturated heterocycles. The molecule has 0 spiro atoms. The van der Waals surface area contributed by atoms with Gasteiger partial charge in [0, 0.05) is 23.5 Å². The van der Waals surface area contributed by atoms with Gasteiger partial charge in [-0.25, -0.2) is 9.59 Å². The van der Waals surface area contributed by atoms with E-state index in [2.05, 4.69) is 10.3 Å². The van der Waals surface area contributed by atoms with Gasteiger partial charge in [0.2, 0.25) is 0 Å². The van der Waals surface area contributed by atoms with E-state index in [4.69, 9.17) is 10.8 Å². The molecule has 0 unspecified atom stereocenters. The molecule has 0 saturated carbocycles. The van der Waals surface area contributed by atoms with E-state index < -0.39 is 18.0 Å². The number of aliphatic carboxylic acids is 1. The minimum absolute atomic E-state index is 0. The standard InChI is InChI=1S/C12H13N3O3.ClH/c13-12(18)15-10(11(16)17)5-7-6-14-9-4-2-1-3-8(7)9;/h1-4,6,10,14H,5H2,(H,16,17)(H3,13,15,18);1H/t10-;/m0./s1. The van der Waals surface area contributed by atoms with Crippen LogP contribution in [0.2, 0.25) is 0 Å². The molecule has 5 N–H and O–H groups in total. The van der Waals surface area contributed by atoms with Crippen molar-refractivity contribution in [3.8, 4) is 0 Å². The first kappa shape index (κ1) is 14.8. The summed E-state index contributed by atoms with van der Waals surface area (Å²) >= 11 is 0. The van der Waals surface area contributed by atoms with Gasteiger partial charge in [-0.1, -0.05) is 18.2 Å². The van der Waals surface area contributed by atoms with Crippen molar-refractivity contribution in [2.45, 2.75) is 12.5 Å². The number of urea groups is 1. The van der Waals surface area contributed by atoms with Crippen molar-refractivity contribution in [2.75, 3.05) is 0 Å². The van der Waals surface area contributed by atoms with Crippen molar-refractivity contribution in [3.05, 3.63) is 36.0 Å². The van der Waals surface area contributed by atoms with E-state index in [1.807, 2.05) is 24.3 Å². The topological polar surface area (TPSA) is 108 Å². The Kier molecular flexibility index (Phi) is 4.77. The molecule has 2 amide bonds. The van der Waals surface area contributed by atoms with Crippen LogP contribution in [0.3, 0.4) is 0 Å². The Morgan fingerprint density at radius 2 is 2.05 bits per heavy atom. The zero-order valence-electron chi connectivity index (χ0n) is 9.92. The van der Waals surface area contributed by atoms with E-state index in [0.29, 0.717) is 0 Å². The summed E-state index contributed by atoms with van der Waals surface area (Å²) in [6.07, 6.45) is 1.92. The molecule has 0 aliphatic rings. The molecule has 102 valence electrons. The summed E-state index contributed by atoms with van der Waals surface area (Å²) in [7, 11) is 0. The first-order valence-corrected chi connectivity index (χ1v) is 5.41. The third kappa shape index (κ3) is 3.38. The average molecular weight is 284 g/mol. The van der Waals surface area contributed by atoms with E-state index in [1.165, 1.54) is 0 Å². The molecule has 0 aliphatic carbocycles. The predicted octanol–water partition coefficient (Wildman–Crippen LogP) is 1.25. The van der Waals surface area contributed by atoms with Gasteiger partial charge in [-0.15, -0.1) is 12.4 Å². The molecule has 0 fully saturated rings. The summed E-state index contributed by atoms with van der Waals surface area (Å²) in [6, 6.07) is 5.68. The van der Waals surface area contributed by atoms with E-state index in [9.17, 15) is 9.59 Å². The lowest BCUT2D eigenvalue weighted by atomic mass is 10.1. The number of carbonyl (C=O) groups is 2. The lowest BCUT2D eigenvalue weighted by Gasteiger charge is -2.12. The summed E-state index contributed by atoms with van der Waals surface area (Å²) < 4.78 is 0. The third-order valence-electron chi connectivity index (χ3n) is 2.71. The Morgan fingerprint density at radius 3 is 2.68 bits per heavy atom. The smallest absolute Gasteiger partial charge is 0.326 e. The Bertz CT molecular complexity index is 597. The van der Waals surface area contributed by atoms with Crippen LogP contribution >= 0.6 is 12.4 Å². The number of primary amides is 1. The molecule has 0 bridgehead atoms. The van der Waals surface area contributed by atoms with Gasteiger partial charge in [0.05, 0.1) is 0 Å². The Morgan fingerprint density at radius 1 is 1.37 bits per heavy atom. The van der Waals surface area contributed by atoms with Crippen molar-refractivity contribution in [1.29, 1.82) is 0 Å². The number of amides is 2. The van der Waals surface area contributed by atoms with Gasteiger partial charge in [0.15, 0.2) is 0 Å². The van der Waals surface area contributed by atoms with Gasteiger partial charge < -0.3 is 21.1 Å². The summed E-state index contributed by atoms with van der Waals surface area (Å²) in [4.78, 5) is 24.8. The highest BCUT2D eigenvalue weighted by Crippen LogP contribution is 2.19. The number of para-hydroxylation sites is 1. The average Bonchev–Trinajstić information content (AvgIpc) is 2.71. The number of nitrogens with one attached hydrogen (secondary N) is 2. The molecule has 0 radical (unpaired) electrons. The normalized spacial score (nSPS) is 11.6. The fourth-order valence-corrected chi connectivity index (χ4v) is 1.89. The molecule has 0 aliphatic heterocycles. The van der Waals surface area contributed by atoms with Crippen LogP contribution in [0.15, 0.2) is 30.5 Å². The van der Waals surface area contributed by atoms with Crippen molar-refractivity contribution in [1.82, 2.24) is 10.3 Å². The highest BCUT2D eigenvalue weighted by molar-refractivity contribution is 5.86. The fourth-order valence-electron chi connectivity index (χ4n) is 1.89. The molecular weight excluding hydrogens is 270 g/mol. The van der Waals surface area contributed by atoms with Crippen LogP contribution < -0.4 is 11.1 Å². The van der Waals surface area contributed by atoms with E-state index >= 15 is 0 Å². The van der Waals surface area contributed by atoms with Crippen LogP contribution in [0, 0.1) is 0 Å². The highest BCUT2D eigenvalue weighted by atomic mass is 35.5. The second-order valence-electron chi connectivity index (χ2n) is 3.96. The molecule has 1 heterocycles. The van der Waals surface area contributed by atoms with Gasteiger partial charge in [-0.05, 0) is 11.6 Å². The SMILES string of the molecule is Cl.NC(=O)N[C@@H](Cc1c[nH]c2ccccc12)C(=O)O. The number of carboxylic acid groups (broad SMARTS) is 1. The van der Waals surface area contributed by atoms with Crippen LogP contribution in [-0.2, 0) is 11.2 Å². The van der Waals surface area contributed by atoms with Crippen LogP contribution in [-0.4, -0.2) is 28.1 Å². The van der Waals surface area contributed by atoms with Crippen LogP contribution in [0.1, 0.15) is 5.56 Å². The van der Waals surface area contributed by atoms with Crippen molar-refractivity contribution in [2.24, 2.45) is 5.73 Å². The van der Waals surface area contributed by atoms with Crippen LogP contribution in [0.4, 0.5) is 4.79 Å². The molecule has 2 rings (SSSR count). The van der Waals surface area contributed by atoms with Gasteiger partial charge in [0.25, 0.3) is 0 Å². The lowest BCUT2D eigenvalue weighted by molar-refractivity contribution is -0.139. The largest absolute Gasteiger partial charge is 0.480 e. The number of hydrogen-bond donors (Lipinski definition) is 4. The summed E-state index contributed by atoms with van der Waals surface area (Å²) in [5.74, 6) is -1.11. The third-order valence-corrected chi connectivity index (χ3v) is 2.71. The predicted molar refractivity (Wildman–Crippen MR) is 73.4 cm³/mol. The quantitative estimate of drug-likeness (QED) is 0.678. The Hall–Kier alpha value is -2.21. The highest BCUT2D eigenvalue weighted by Gasteiger charge is 2.20. The molecule has 2 aromatic rings. The van der Waals surface area contributed by atoms with Crippen LogP contribution in [0.25, 0.3) is 10.9 Å². The van der Waals surface area contributed by atoms with Gasteiger partial charge in [0.1, 0.15) is 6.04 Å². The second-order valence-corrected chi connectivity index (χ2v) is 3.96. The Balaban J connectivity index is 0.00000180. The summed E-state index contributed by atoms with van der Waals surface area (Å²) in [5.41, 5.74) is 6.70. The molecule has 6 nitrogen and oxygen atoms in total.